The van der Waals surface area contributed by atoms with Crippen LogP contribution in [-0.2, 0) is 4.79 Å². The predicted octanol–water partition coefficient (Wildman–Crippen LogP) is 3.12. The van der Waals surface area contributed by atoms with Crippen molar-refractivity contribution >= 4 is 12.1 Å². The smallest absolute Gasteiger partial charge is 0.224 e. The zero-order valence-electron chi connectivity index (χ0n) is 11.8. The number of carbonyl (C=O) groups is 1. The van der Waals surface area contributed by atoms with Gasteiger partial charge in [0.25, 0.3) is 0 Å². The lowest BCUT2D eigenvalue weighted by Gasteiger charge is -2.14. The van der Waals surface area contributed by atoms with E-state index in [2.05, 4.69) is 16.9 Å². The molecule has 0 saturated heterocycles. The maximum absolute atomic E-state index is 11.9. The number of nitrogens with zero attached hydrogens (tertiary/aromatic N) is 1. The average molecular weight is 272 g/mol. The number of aliphatic imine (C=N–C) groups is 1. The van der Waals surface area contributed by atoms with Gasteiger partial charge < -0.3 is 10.4 Å². The zero-order valence-corrected chi connectivity index (χ0v) is 11.8. The standard InChI is InChI=1S/C16H20N2O2/c1-4-13(11-17-5-2)10-16(20)18-12(3)14-6-8-15(19)9-7-14/h4-9,11-12,19H,2,10H2,1,3H3,(H,18,20)/b13-4-,17-11?. The van der Waals surface area contributed by atoms with Crippen molar-refractivity contribution in [2.24, 2.45) is 4.99 Å². The molecule has 0 fully saturated rings. The van der Waals surface area contributed by atoms with Crippen molar-refractivity contribution in [3.8, 4) is 5.75 Å². The molecule has 0 aromatic heterocycles. The molecule has 4 heteroatoms. The molecule has 0 spiro atoms. The Bertz CT molecular complexity index is 516. The van der Waals surface area contributed by atoms with Crippen molar-refractivity contribution in [1.82, 2.24) is 5.32 Å². The van der Waals surface area contributed by atoms with E-state index in [0.29, 0.717) is 0 Å². The van der Waals surface area contributed by atoms with E-state index in [9.17, 15) is 9.90 Å². The van der Waals surface area contributed by atoms with Gasteiger partial charge in [0.2, 0.25) is 5.91 Å². The minimum absolute atomic E-state index is 0.0748. The van der Waals surface area contributed by atoms with Crippen LogP contribution in [0.4, 0.5) is 0 Å². The quantitative estimate of drug-likeness (QED) is 0.782. The number of amides is 1. The maximum atomic E-state index is 11.9. The normalized spacial score (nSPS) is 13.2. The summed E-state index contributed by atoms with van der Waals surface area (Å²) in [7, 11) is 0. The van der Waals surface area contributed by atoms with Gasteiger partial charge >= 0.3 is 0 Å². The van der Waals surface area contributed by atoms with Gasteiger partial charge in [-0.3, -0.25) is 9.79 Å². The van der Waals surface area contributed by atoms with Gasteiger partial charge in [0.15, 0.2) is 0 Å². The van der Waals surface area contributed by atoms with Crippen molar-refractivity contribution in [2.75, 3.05) is 0 Å². The Balaban J connectivity index is 2.59. The Hall–Kier alpha value is -2.36. The van der Waals surface area contributed by atoms with Crippen LogP contribution in [0.15, 0.2) is 53.7 Å². The minimum atomic E-state index is -0.113. The molecule has 0 saturated carbocycles. The summed E-state index contributed by atoms with van der Waals surface area (Å²) in [5.74, 6) is 0.137. The van der Waals surface area contributed by atoms with Gasteiger partial charge in [-0.1, -0.05) is 24.8 Å². The predicted molar refractivity (Wildman–Crippen MR) is 81.7 cm³/mol. The summed E-state index contributed by atoms with van der Waals surface area (Å²) in [6.07, 6.45) is 5.17. The van der Waals surface area contributed by atoms with Crippen molar-refractivity contribution in [2.45, 2.75) is 26.3 Å². The second kappa shape index (κ2) is 7.94. The SMILES string of the molecule is C=CN=C/C(=C\C)CC(=O)NC(C)c1ccc(O)cc1. The third-order valence-electron chi connectivity index (χ3n) is 2.85. The molecule has 1 rings (SSSR count). The summed E-state index contributed by atoms with van der Waals surface area (Å²) >= 11 is 0. The number of hydrogen-bond acceptors (Lipinski definition) is 3. The Morgan fingerprint density at radius 1 is 1.45 bits per heavy atom. The van der Waals surface area contributed by atoms with Crippen LogP contribution in [0, 0.1) is 0 Å². The summed E-state index contributed by atoms with van der Waals surface area (Å²) in [5, 5.41) is 12.1. The van der Waals surface area contributed by atoms with Crippen LogP contribution in [0.5, 0.6) is 5.75 Å². The third kappa shape index (κ3) is 5.10. The molecule has 0 bridgehead atoms. The van der Waals surface area contributed by atoms with E-state index in [-0.39, 0.29) is 24.1 Å². The highest BCUT2D eigenvalue weighted by molar-refractivity contribution is 5.89. The molecular weight excluding hydrogens is 252 g/mol. The number of allylic oxidation sites excluding steroid dienone is 1. The fourth-order valence-electron chi connectivity index (χ4n) is 1.69. The van der Waals surface area contributed by atoms with Crippen LogP contribution in [0.25, 0.3) is 0 Å². The van der Waals surface area contributed by atoms with E-state index < -0.39 is 0 Å². The van der Waals surface area contributed by atoms with Crippen molar-refractivity contribution in [1.29, 1.82) is 0 Å². The Kier molecular flexibility index (Phi) is 6.23. The summed E-state index contributed by atoms with van der Waals surface area (Å²) in [4.78, 5) is 15.8. The van der Waals surface area contributed by atoms with E-state index in [4.69, 9.17) is 0 Å². The van der Waals surface area contributed by atoms with Gasteiger partial charge in [0, 0.05) is 12.4 Å². The lowest BCUT2D eigenvalue weighted by Crippen LogP contribution is -2.26. The molecule has 0 heterocycles. The number of nitrogens with one attached hydrogen (secondary N) is 1. The highest BCUT2D eigenvalue weighted by atomic mass is 16.3. The van der Waals surface area contributed by atoms with Gasteiger partial charge in [0.05, 0.1) is 12.5 Å². The zero-order chi connectivity index (χ0) is 15.0. The summed E-state index contributed by atoms with van der Waals surface area (Å²) in [5.41, 5.74) is 1.78. The second-order valence-corrected chi connectivity index (χ2v) is 4.38. The Morgan fingerprint density at radius 2 is 2.10 bits per heavy atom. The number of rotatable bonds is 6. The van der Waals surface area contributed by atoms with Crippen LogP contribution < -0.4 is 5.32 Å². The molecule has 20 heavy (non-hydrogen) atoms. The first-order valence-electron chi connectivity index (χ1n) is 6.44. The molecule has 0 aliphatic rings. The molecule has 1 unspecified atom stereocenters. The topological polar surface area (TPSA) is 61.7 Å². The lowest BCUT2D eigenvalue weighted by molar-refractivity contribution is -0.121. The molecule has 0 aliphatic heterocycles. The van der Waals surface area contributed by atoms with Gasteiger partial charge in [0.1, 0.15) is 5.75 Å². The monoisotopic (exact) mass is 272 g/mol. The highest BCUT2D eigenvalue weighted by Gasteiger charge is 2.10. The van der Waals surface area contributed by atoms with E-state index >= 15 is 0 Å². The first kappa shape index (κ1) is 15.7. The molecule has 106 valence electrons. The van der Waals surface area contributed by atoms with Crippen LogP contribution in [0.3, 0.4) is 0 Å². The average Bonchev–Trinajstić information content (AvgIpc) is 2.43. The van der Waals surface area contributed by atoms with Crippen molar-refractivity contribution in [3.63, 3.8) is 0 Å². The molecule has 1 aromatic carbocycles. The van der Waals surface area contributed by atoms with Crippen molar-refractivity contribution < 1.29 is 9.90 Å². The number of hydrogen-bond donors (Lipinski definition) is 2. The van der Waals surface area contributed by atoms with E-state index in [1.54, 1.807) is 30.5 Å². The largest absolute Gasteiger partial charge is 0.508 e. The molecule has 1 atom stereocenters. The number of aromatic hydroxyl groups is 1. The fraction of sp³-hybridized carbons (Fsp3) is 0.250. The van der Waals surface area contributed by atoms with Gasteiger partial charge in [-0.05, 0) is 37.1 Å². The van der Waals surface area contributed by atoms with Crippen molar-refractivity contribution in [3.05, 3.63) is 54.3 Å². The number of phenolic OH excluding ortho intramolecular Hbond substituents is 1. The fourth-order valence-corrected chi connectivity index (χ4v) is 1.69. The highest BCUT2D eigenvalue weighted by Crippen LogP contribution is 2.16. The summed E-state index contributed by atoms with van der Waals surface area (Å²) < 4.78 is 0. The first-order valence-corrected chi connectivity index (χ1v) is 6.44. The van der Waals surface area contributed by atoms with Gasteiger partial charge in [-0.25, -0.2) is 0 Å². The van der Waals surface area contributed by atoms with Crippen LogP contribution in [-0.4, -0.2) is 17.2 Å². The Morgan fingerprint density at radius 3 is 2.65 bits per heavy atom. The van der Waals surface area contributed by atoms with Crippen LogP contribution in [0.1, 0.15) is 31.9 Å². The summed E-state index contributed by atoms with van der Waals surface area (Å²) in [6, 6.07) is 6.67. The Labute approximate surface area is 119 Å². The molecular formula is C16H20N2O2. The maximum Gasteiger partial charge on any atom is 0.224 e. The number of carbonyl (C=O) groups excluding carboxylic acids is 1. The minimum Gasteiger partial charge on any atom is -0.508 e. The van der Waals surface area contributed by atoms with Gasteiger partial charge in [-0.15, -0.1) is 0 Å². The van der Waals surface area contributed by atoms with E-state index in [0.717, 1.165) is 11.1 Å². The third-order valence-corrected chi connectivity index (χ3v) is 2.85. The second-order valence-electron chi connectivity index (χ2n) is 4.38. The molecule has 0 aliphatic carbocycles. The molecule has 2 N–H and O–H groups in total. The number of benzene rings is 1. The molecule has 0 radical (unpaired) electrons. The summed E-state index contributed by atoms with van der Waals surface area (Å²) in [6.45, 7) is 7.26. The van der Waals surface area contributed by atoms with E-state index in [1.165, 1.54) is 6.20 Å². The van der Waals surface area contributed by atoms with Crippen LogP contribution in [0.2, 0.25) is 0 Å². The van der Waals surface area contributed by atoms with Gasteiger partial charge in [-0.2, -0.15) is 0 Å². The lowest BCUT2D eigenvalue weighted by atomic mass is 10.1. The number of phenols is 1. The van der Waals surface area contributed by atoms with E-state index in [1.807, 2.05) is 19.9 Å². The molecule has 1 amide bonds. The molecule has 4 nitrogen and oxygen atoms in total. The molecule has 1 aromatic rings. The first-order chi connectivity index (χ1) is 9.56. The van der Waals surface area contributed by atoms with Crippen LogP contribution >= 0.6 is 0 Å².